The van der Waals surface area contributed by atoms with Crippen LogP contribution in [-0.2, 0) is 0 Å². The Morgan fingerprint density at radius 1 is 1.30 bits per heavy atom. The van der Waals surface area contributed by atoms with E-state index in [0.29, 0.717) is 5.37 Å². The molecule has 0 aromatic heterocycles. The predicted octanol–water partition coefficient (Wildman–Crippen LogP) is 2.38. The molecule has 1 aliphatic rings. The lowest BCUT2D eigenvalue weighted by atomic mass is 10.1. The molecule has 0 radical (unpaired) electrons. The van der Waals surface area contributed by atoms with Crippen LogP contribution in [-0.4, -0.2) is 23.9 Å². The van der Waals surface area contributed by atoms with Gasteiger partial charge in [0.05, 0.1) is 5.37 Å². The normalized spacial score (nSPS) is 27.0. The van der Waals surface area contributed by atoms with E-state index in [9.17, 15) is 0 Å². The number of likely N-dealkylation sites (tertiary alicyclic amines) is 1. The Morgan fingerprint density at radius 2 is 1.90 bits per heavy atom. The summed E-state index contributed by atoms with van der Waals surface area (Å²) >= 11 is 4.38. The number of rotatable bonds is 0. The molecule has 0 amide bonds. The minimum absolute atomic E-state index is 0.531. The molecule has 1 aliphatic heterocycles. The van der Waals surface area contributed by atoms with Crippen LogP contribution >= 0.6 is 12.6 Å². The highest BCUT2D eigenvalue weighted by molar-refractivity contribution is 7.80. The summed E-state index contributed by atoms with van der Waals surface area (Å²) in [6, 6.07) is 0. The Balaban J connectivity index is 0.000000371. The molecule has 1 heterocycles. The van der Waals surface area contributed by atoms with Crippen LogP contribution in [0.1, 0.15) is 33.1 Å². The fourth-order valence-corrected chi connectivity index (χ4v) is 1.36. The third-order valence-corrected chi connectivity index (χ3v) is 2.38. The van der Waals surface area contributed by atoms with Gasteiger partial charge in [0.1, 0.15) is 0 Å². The molecule has 1 rings (SSSR count). The minimum Gasteiger partial charge on any atom is -0.295 e. The second-order valence-corrected chi connectivity index (χ2v) is 3.05. The standard InChI is InChI=1S/C6H13NS.C2H6/c1-7-5-3-2-4-6(7)8;1-2/h6,8H,2-5H2,1H3;1-2H3. The van der Waals surface area contributed by atoms with Crippen LogP contribution in [0, 0.1) is 0 Å². The molecule has 0 saturated carbocycles. The first kappa shape index (κ1) is 10.3. The largest absolute Gasteiger partial charge is 0.295 e. The molecule has 0 aliphatic carbocycles. The molecule has 1 atom stereocenters. The van der Waals surface area contributed by atoms with Crippen molar-refractivity contribution in [3.05, 3.63) is 0 Å². The highest BCUT2D eigenvalue weighted by atomic mass is 32.1. The van der Waals surface area contributed by atoms with E-state index in [1.807, 2.05) is 13.8 Å². The van der Waals surface area contributed by atoms with E-state index >= 15 is 0 Å². The molecule has 1 unspecified atom stereocenters. The van der Waals surface area contributed by atoms with Gasteiger partial charge in [-0.15, -0.1) is 0 Å². The Labute approximate surface area is 70.2 Å². The average molecular weight is 161 g/mol. The van der Waals surface area contributed by atoms with E-state index in [1.165, 1.54) is 25.8 Å². The van der Waals surface area contributed by atoms with Crippen molar-refractivity contribution in [1.82, 2.24) is 4.90 Å². The van der Waals surface area contributed by atoms with Gasteiger partial charge in [-0.3, -0.25) is 4.90 Å². The lowest BCUT2D eigenvalue weighted by Gasteiger charge is -2.28. The van der Waals surface area contributed by atoms with Gasteiger partial charge in [-0.1, -0.05) is 13.8 Å². The van der Waals surface area contributed by atoms with Crippen molar-refractivity contribution in [2.45, 2.75) is 38.5 Å². The summed E-state index contributed by atoms with van der Waals surface area (Å²) in [6.07, 6.45) is 3.98. The summed E-state index contributed by atoms with van der Waals surface area (Å²) in [5, 5.41) is 0.531. The molecule has 10 heavy (non-hydrogen) atoms. The monoisotopic (exact) mass is 161 g/mol. The Kier molecular flexibility index (Phi) is 6.24. The molecule has 62 valence electrons. The van der Waals surface area contributed by atoms with Gasteiger partial charge in [0.15, 0.2) is 0 Å². The molecule has 1 saturated heterocycles. The second kappa shape index (κ2) is 6.05. The van der Waals surface area contributed by atoms with Crippen LogP contribution in [0.4, 0.5) is 0 Å². The quantitative estimate of drug-likeness (QED) is 0.534. The Bertz CT molecular complexity index is 65.7. The molecular weight excluding hydrogens is 142 g/mol. The number of thiol groups is 1. The van der Waals surface area contributed by atoms with Crippen molar-refractivity contribution in [2.75, 3.05) is 13.6 Å². The zero-order valence-electron chi connectivity index (χ0n) is 7.30. The van der Waals surface area contributed by atoms with Crippen LogP contribution in [0.2, 0.25) is 0 Å². The second-order valence-electron chi connectivity index (χ2n) is 2.46. The van der Waals surface area contributed by atoms with Crippen molar-refractivity contribution >= 4 is 12.6 Å². The molecule has 0 N–H and O–H groups in total. The minimum atomic E-state index is 0.531. The van der Waals surface area contributed by atoms with Gasteiger partial charge in [0.25, 0.3) is 0 Å². The van der Waals surface area contributed by atoms with Gasteiger partial charge in [-0.2, -0.15) is 12.6 Å². The van der Waals surface area contributed by atoms with E-state index in [1.54, 1.807) is 0 Å². The predicted molar refractivity (Wildman–Crippen MR) is 50.6 cm³/mol. The van der Waals surface area contributed by atoms with Crippen molar-refractivity contribution in [3.8, 4) is 0 Å². The maximum Gasteiger partial charge on any atom is 0.0524 e. The van der Waals surface area contributed by atoms with Crippen LogP contribution in [0.3, 0.4) is 0 Å². The molecule has 0 aromatic carbocycles. The molecule has 0 bridgehead atoms. The number of hydrogen-bond donors (Lipinski definition) is 1. The first-order valence-electron chi connectivity index (χ1n) is 4.19. The summed E-state index contributed by atoms with van der Waals surface area (Å²) in [6.45, 7) is 5.23. The van der Waals surface area contributed by atoms with E-state index in [2.05, 4.69) is 24.6 Å². The first-order valence-corrected chi connectivity index (χ1v) is 4.70. The smallest absolute Gasteiger partial charge is 0.0524 e. The van der Waals surface area contributed by atoms with Gasteiger partial charge in [0.2, 0.25) is 0 Å². The third-order valence-electron chi connectivity index (χ3n) is 1.73. The highest BCUT2D eigenvalue weighted by Gasteiger charge is 2.13. The Hall–Kier alpha value is 0.310. The molecule has 0 aromatic rings. The van der Waals surface area contributed by atoms with E-state index in [0.717, 1.165) is 0 Å². The fraction of sp³-hybridized carbons (Fsp3) is 1.00. The maximum absolute atomic E-state index is 4.38. The topological polar surface area (TPSA) is 3.24 Å². The van der Waals surface area contributed by atoms with Crippen LogP contribution < -0.4 is 0 Å². The lowest BCUT2D eigenvalue weighted by Crippen LogP contribution is -2.31. The molecular formula is C8H19NS. The Morgan fingerprint density at radius 3 is 2.20 bits per heavy atom. The highest BCUT2D eigenvalue weighted by Crippen LogP contribution is 2.16. The molecule has 0 spiro atoms. The van der Waals surface area contributed by atoms with Crippen molar-refractivity contribution in [1.29, 1.82) is 0 Å². The number of nitrogens with zero attached hydrogens (tertiary/aromatic N) is 1. The lowest BCUT2D eigenvalue weighted by molar-refractivity contribution is 0.253. The summed E-state index contributed by atoms with van der Waals surface area (Å²) in [7, 11) is 2.14. The zero-order chi connectivity index (χ0) is 7.98. The summed E-state index contributed by atoms with van der Waals surface area (Å²) in [4.78, 5) is 2.30. The van der Waals surface area contributed by atoms with Gasteiger partial charge >= 0.3 is 0 Å². The SMILES string of the molecule is CC.CN1CCCCC1S. The van der Waals surface area contributed by atoms with Gasteiger partial charge in [0, 0.05) is 0 Å². The summed E-state index contributed by atoms with van der Waals surface area (Å²) in [5.74, 6) is 0. The summed E-state index contributed by atoms with van der Waals surface area (Å²) in [5.41, 5.74) is 0. The van der Waals surface area contributed by atoms with Crippen molar-refractivity contribution in [2.24, 2.45) is 0 Å². The van der Waals surface area contributed by atoms with E-state index < -0.39 is 0 Å². The zero-order valence-corrected chi connectivity index (χ0v) is 8.19. The fourth-order valence-electron chi connectivity index (χ4n) is 1.06. The molecule has 1 fully saturated rings. The average Bonchev–Trinajstić information content (AvgIpc) is 2.00. The number of piperidine rings is 1. The van der Waals surface area contributed by atoms with Gasteiger partial charge in [-0.05, 0) is 32.9 Å². The van der Waals surface area contributed by atoms with Crippen LogP contribution in [0.5, 0.6) is 0 Å². The first-order chi connectivity index (χ1) is 4.80. The molecule has 1 nitrogen and oxygen atoms in total. The number of hydrogen-bond acceptors (Lipinski definition) is 2. The van der Waals surface area contributed by atoms with E-state index in [4.69, 9.17) is 0 Å². The van der Waals surface area contributed by atoms with Gasteiger partial charge < -0.3 is 0 Å². The van der Waals surface area contributed by atoms with Gasteiger partial charge in [-0.25, -0.2) is 0 Å². The van der Waals surface area contributed by atoms with Crippen molar-refractivity contribution < 1.29 is 0 Å². The van der Waals surface area contributed by atoms with Crippen LogP contribution in [0.25, 0.3) is 0 Å². The third kappa shape index (κ3) is 3.47. The van der Waals surface area contributed by atoms with Crippen molar-refractivity contribution in [3.63, 3.8) is 0 Å². The molecule has 2 heteroatoms. The van der Waals surface area contributed by atoms with E-state index in [-0.39, 0.29) is 0 Å². The summed E-state index contributed by atoms with van der Waals surface area (Å²) < 4.78 is 0. The maximum atomic E-state index is 4.38. The van der Waals surface area contributed by atoms with Crippen LogP contribution in [0.15, 0.2) is 0 Å².